The van der Waals surface area contributed by atoms with Gasteiger partial charge in [-0.05, 0) is 35.0 Å². The highest BCUT2D eigenvalue weighted by Crippen LogP contribution is 2.27. The molecule has 0 unspecified atom stereocenters. The molecule has 0 fully saturated rings. The zero-order valence-corrected chi connectivity index (χ0v) is 11.5. The van der Waals surface area contributed by atoms with Gasteiger partial charge in [-0.3, -0.25) is 5.21 Å². The Labute approximate surface area is 113 Å². The lowest BCUT2D eigenvalue weighted by Gasteiger charge is -2.08. The zero-order valence-electron chi connectivity index (χ0n) is 9.95. The van der Waals surface area contributed by atoms with Crippen LogP contribution in [0.3, 0.4) is 0 Å². The van der Waals surface area contributed by atoms with E-state index in [1.807, 2.05) is 6.92 Å². The summed E-state index contributed by atoms with van der Waals surface area (Å²) in [5, 5.41) is 9.47. The Balaban J connectivity index is 2.34. The van der Waals surface area contributed by atoms with Crippen LogP contribution in [-0.4, -0.2) is 5.21 Å². The summed E-state index contributed by atoms with van der Waals surface area (Å²) >= 11 is 3.08. The first kappa shape index (κ1) is 12.8. The van der Waals surface area contributed by atoms with Gasteiger partial charge in [0.05, 0.1) is 16.1 Å². The molecule has 0 radical (unpaired) electrons. The van der Waals surface area contributed by atoms with E-state index in [4.69, 9.17) is 4.74 Å². The number of hydrogen-bond acceptors (Lipinski definition) is 2. The van der Waals surface area contributed by atoms with Gasteiger partial charge in [-0.15, -0.1) is 0 Å². The number of rotatable bonds is 2. The van der Waals surface area contributed by atoms with E-state index in [1.54, 1.807) is 25.1 Å². The molecule has 94 valence electrons. The van der Waals surface area contributed by atoms with Crippen LogP contribution in [0.4, 0.5) is 4.39 Å². The fourth-order valence-corrected chi connectivity index (χ4v) is 1.75. The molecule has 1 N–H and O–H groups in total. The van der Waals surface area contributed by atoms with E-state index in [9.17, 15) is 9.60 Å². The van der Waals surface area contributed by atoms with Crippen LogP contribution in [0.15, 0.2) is 34.9 Å². The Bertz CT molecular complexity index is 602. The minimum Gasteiger partial charge on any atom is -0.456 e. The van der Waals surface area contributed by atoms with Crippen molar-refractivity contribution in [3.8, 4) is 11.5 Å². The first-order valence-corrected chi connectivity index (χ1v) is 6.12. The number of ether oxygens (including phenoxy) is 1. The maximum atomic E-state index is 13.4. The average Bonchev–Trinajstić information content (AvgIpc) is 2.34. The molecule has 0 amide bonds. The van der Waals surface area contributed by atoms with Gasteiger partial charge in [-0.25, -0.2) is 4.39 Å². The number of benzene rings is 1. The molecule has 0 bridgehead atoms. The number of pyridine rings is 1. The number of hydrogen-bond donors (Lipinski definition) is 1. The summed E-state index contributed by atoms with van der Waals surface area (Å²) < 4.78 is 20.4. The lowest BCUT2D eigenvalue weighted by Crippen LogP contribution is -2.33. The quantitative estimate of drug-likeness (QED) is 0.680. The van der Waals surface area contributed by atoms with E-state index in [1.165, 1.54) is 12.3 Å². The third kappa shape index (κ3) is 2.46. The number of aromatic nitrogens is 1. The van der Waals surface area contributed by atoms with Crippen LogP contribution in [0.1, 0.15) is 11.3 Å². The van der Waals surface area contributed by atoms with Crippen LogP contribution in [0, 0.1) is 19.7 Å². The SMILES string of the molecule is Cc1c(Oc2ccc(Br)c(F)c2)cc[n+](O)c1C. The molecule has 3 nitrogen and oxygen atoms in total. The molecule has 5 heteroatoms. The summed E-state index contributed by atoms with van der Waals surface area (Å²) in [5.41, 5.74) is 1.47. The first-order chi connectivity index (χ1) is 8.49. The number of nitrogens with zero attached hydrogens (tertiary/aromatic N) is 1. The van der Waals surface area contributed by atoms with Crippen LogP contribution in [-0.2, 0) is 0 Å². The third-order valence-electron chi connectivity index (χ3n) is 2.74. The van der Waals surface area contributed by atoms with Crippen molar-refractivity contribution in [3.05, 3.63) is 52.0 Å². The third-order valence-corrected chi connectivity index (χ3v) is 3.39. The summed E-state index contributed by atoms with van der Waals surface area (Å²) in [7, 11) is 0. The molecule has 0 aliphatic heterocycles. The Kier molecular flexibility index (Phi) is 3.52. The topological polar surface area (TPSA) is 33.3 Å². The minimum atomic E-state index is -0.380. The highest BCUT2D eigenvalue weighted by molar-refractivity contribution is 9.10. The summed E-state index contributed by atoms with van der Waals surface area (Å²) in [5.74, 6) is 0.614. The second-order valence-corrected chi connectivity index (χ2v) is 4.77. The number of halogens is 2. The molecule has 1 aromatic carbocycles. The smallest absolute Gasteiger partial charge is 0.237 e. The maximum Gasteiger partial charge on any atom is 0.237 e. The molecule has 1 aromatic heterocycles. The van der Waals surface area contributed by atoms with E-state index in [0.717, 1.165) is 10.3 Å². The van der Waals surface area contributed by atoms with Crippen molar-refractivity contribution in [2.24, 2.45) is 0 Å². The van der Waals surface area contributed by atoms with Gasteiger partial charge in [0.15, 0.2) is 0 Å². The maximum absolute atomic E-state index is 13.4. The first-order valence-electron chi connectivity index (χ1n) is 5.33. The second kappa shape index (κ2) is 4.94. The fourth-order valence-electron chi connectivity index (χ4n) is 1.50. The van der Waals surface area contributed by atoms with Crippen LogP contribution >= 0.6 is 15.9 Å². The standard InChI is InChI=1S/C13H12BrFNO2/c1-8-9(2)16(17)6-5-13(8)18-10-3-4-11(14)12(15)7-10/h3-7,17H,1-2H3/q+1. The second-order valence-electron chi connectivity index (χ2n) is 3.91. The summed E-state index contributed by atoms with van der Waals surface area (Å²) in [6.07, 6.45) is 1.48. The Morgan fingerprint density at radius 1 is 1.28 bits per heavy atom. The van der Waals surface area contributed by atoms with E-state index >= 15 is 0 Å². The molecular weight excluding hydrogens is 301 g/mol. The van der Waals surface area contributed by atoms with Gasteiger partial charge in [-0.1, -0.05) is 0 Å². The lowest BCUT2D eigenvalue weighted by atomic mass is 10.2. The van der Waals surface area contributed by atoms with Crippen molar-refractivity contribution in [3.63, 3.8) is 0 Å². The molecule has 0 aliphatic rings. The van der Waals surface area contributed by atoms with Crippen molar-refractivity contribution < 1.29 is 19.1 Å². The Morgan fingerprint density at radius 3 is 2.67 bits per heavy atom. The van der Waals surface area contributed by atoms with Crippen molar-refractivity contribution in [1.29, 1.82) is 0 Å². The van der Waals surface area contributed by atoms with Crippen LogP contribution in [0.25, 0.3) is 0 Å². The highest BCUT2D eigenvalue weighted by Gasteiger charge is 2.14. The predicted octanol–water partition coefficient (Wildman–Crippen LogP) is 3.52. The average molecular weight is 313 g/mol. The summed E-state index contributed by atoms with van der Waals surface area (Å²) in [6, 6.07) is 6.19. The highest BCUT2D eigenvalue weighted by atomic mass is 79.9. The van der Waals surface area contributed by atoms with Gasteiger partial charge in [-0.2, -0.15) is 0 Å². The minimum absolute atomic E-state index is 0.380. The molecule has 0 spiro atoms. The molecule has 0 atom stereocenters. The molecule has 1 heterocycles. The van der Waals surface area contributed by atoms with Gasteiger partial charge in [0.25, 0.3) is 0 Å². The van der Waals surface area contributed by atoms with E-state index < -0.39 is 0 Å². The molecule has 2 rings (SSSR count). The van der Waals surface area contributed by atoms with Crippen LogP contribution < -0.4 is 9.47 Å². The normalized spacial score (nSPS) is 10.4. The van der Waals surface area contributed by atoms with Gasteiger partial charge in [0.2, 0.25) is 11.9 Å². The van der Waals surface area contributed by atoms with Gasteiger partial charge < -0.3 is 4.74 Å². The van der Waals surface area contributed by atoms with Crippen molar-refractivity contribution in [2.75, 3.05) is 0 Å². The van der Waals surface area contributed by atoms with Crippen LogP contribution in [0.2, 0.25) is 0 Å². The van der Waals surface area contributed by atoms with E-state index in [-0.39, 0.29) is 5.82 Å². The predicted molar refractivity (Wildman–Crippen MR) is 67.5 cm³/mol. The Hall–Kier alpha value is -1.62. The molecule has 2 aromatic rings. The Morgan fingerprint density at radius 2 is 2.00 bits per heavy atom. The van der Waals surface area contributed by atoms with Gasteiger partial charge in [0, 0.05) is 17.7 Å². The largest absolute Gasteiger partial charge is 0.456 e. The monoisotopic (exact) mass is 312 g/mol. The van der Waals surface area contributed by atoms with Crippen molar-refractivity contribution in [2.45, 2.75) is 13.8 Å². The molecule has 0 saturated carbocycles. The molecular formula is C13H12BrFNO2+. The molecule has 0 aliphatic carbocycles. The van der Waals surface area contributed by atoms with Crippen molar-refractivity contribution in [1.82, 2.24) is 0 Å². The summed E-state index contributed by atoms with van der Waals surface area (Å²) in [4.78, 5) is 0. The van der Waals surface area contributed by atoms with E-state index in [2.05, 4.69) is 15.9 Å². The van der Waals surface area contributed by atoms with Gasteiger partial charge >= 0.3 is 0 Å². The summed E-state index contributed by atoms with van der Waals surface area (Å²) in [6.45, 7) is 3.59. The molecule has 0 saturated heterocycles. The van der Waals surface area contributed by atoms with Crippen molar-refractivity contribution >= 4 is 15.9 Å². The van der Waals surface area contributed by atoms with Crippen LogP contribution in [0.5, 0.6) is 11.5 Å². The van der Waals surface area contributed by atoms with E-state index in [0.29, 0.717) is 21.7 Å². The van der Waals surface area contributed by atoms with Gasteiger partial charge in [0.1, 0.15) is 17.3 Å². The fraction of sp³-hybridized carbons (Fsp3) is 0.154. The molecule has 18 heavy (non-hydrogen) atoms. The lowest BCUT2D eigenvalue weighted by molar-refractivity contribution is -0.909. The zero-order chi connectivity index (χ0) is 13.3.